The van der Waals surface area contributed by atoms with Gasteiger partial charge in [0.15, 0.2) is 11.6 Å². The van der Waals surface area contributed by atoms with Crippen molar-refractivity contribution in [3.63, 3.8) is 0 Å². The molecule has 1 aromatic carbocycles. The van der Waals surface area contributed by atoms with Gasteiger partial charge in [0.05, 0.1) is 11.6 Å². The van der Waals surface area contributed by atoms with E-state index < -0.39 is 11.6 Å². The van der Waals surface area contributed by atoms with Crippen molar-refractivity contribution < 1.29 is 8.78 Å². The zero-order valence-electron chi connectivity index (χ0n) is 12.0. The monoisotopic (exact) mass is 291 g/mol. The summed E-state index contributed by atoms with van der Waals surface area (Å²) in [4.78, 5) is 1.82. The molecule has 0 saturated carbocycles. The molecule has 0 aliphatic carbocycles. The fourth-order valence-corrected chi connectivity index (χ4v) is 3.71. The first-order valence-electron chi connectivity index (χ1n) is 7.48. The summed E-state index contributed by atoms with van der Waals surface area (Å²) in [6.07, 6.45) is 4.28. The smallest absolute Gasteiger partial charge is 0.150 e. The number of rotatable bonds is 1. The quantitative estimate of drug-likeness (QED) is 0.865. The lowest BCUT2D eigenvalue weighted by Crippen LogP contribution is -2.51. The normalized spacial score (nSPS) is 25.9. The second-order valence-electron chi connectivity index (χ2n) is 6.21. The molecule has 21 heavy (non-hydrogen) atoms. The Balaban J connectivity index is 1.88. The van der Waals surface area contributed by atoms with E-state index in [1.54, 1.807) is 6.07 Å². The number of nitrogens with zero attached hydrogens (tertiary/aromatic N) is 2. The molecule has 0 amide bonds. The van der Waals surface area contributed by atoms with Crippen LogP contribution in [0, 0.1) is 28.4 Å². The Morgan fingerprint density at radius 2 is 1.90 bits per heavy atom. The summed E-state index contributed by atoms with van der Waals surface area (Å²) in [5.74, 6) is -1.26. The number of hydrogen-bond donors (Lipinski definition) is 1. The van der Waals surface area contributed by atoms with E-state index in [9.17, 15) is 8.78 Å². The maximum absolute atomic E-state index is 14.2. The summed E-state index contributed by atoms with van der Waals surface area (Å²) in [6, 6.07) is 4.03. The summed E-state index contributed by atoms with van der Waals surface area (Å²) in [7, 11) is 0. The van der Waals surface area contributed by atoms with Gasteiger partial charge in [-0.2, -0.15) is 5.26 Å². The van der Waals surface area contributed by atoms with Gasteiger partial charge in [0, 0.05) is 25.0 Å². The average Bonchev–Trinajstić information content (AvgIpc) is 2.47. The molecule has 0 bridgehead atoms. The summed E-state index contributed by atoms with van der Waals surface area (Å²) in [5.41, 5.74) is 0.182. The molecule has 1 aromatic rings. The first-order chi connectivity index (χ1) is 10.1. The lowest BCUT2D eigenvalue weighted by Gasteiger charge is -2.46. The largest absolute Gasteiger partial charge is 0.366 e. The van der Waals surface area contributed by atoms with Crippen molar-refractivity contribution in [3.05, 3.63) is 29.3 Å². The highest BCUT2D eigenvalue weighted by Gasteiger charge is 2.37. The minimum absolute atomic E-state index is 0.0265. The van der Waals surface area contributed by atoms with Crippen LogP contribution in [0.25, 0.3) is 0 Å². The van der Waals surface area contributed by atoms with Crippen molar-refractivity contribution in [1.29, 1.82) is 5.26 Å². The molecule has 2 aliphatic rings. The van der Waals surface area contributed by atoms with Crippen molar-refractivity contribution >= 4 is 5.69 Å². The minimum atomic E-state index is -0.632. The molecular formula is C16H19F2N3. The first-order valence-corrected chi connectivity index (χ1v) is 7.48. The van der Waals surface area contributed by atoms with Crippen molar-refractivity contribution in [3.8, 4) is 6.07 Å². The number of hydrogen-bond acceptors (Lipinski definition) is 3. The highest BCUT2D eigenvalue weighted by atomic mass is 19.1. The second-order valence-corrected chi connectivity index (χ2v) is 6.21. The minimum Gasteiger partial charge on any atom is -0.366 e. The molecule has 1 unspecified atom stereocenters. The topological polar surface area (TPSA) is 39.1 Å². The van der Waals surface area contributed by atoms with Gasteiger partial charge in [0.1, 0.15) is 5.69 Å². The van der Waals surface area contributed by atoms with Crippen LogP contribution in [0.3, 0.4) is 0 Å². The molecule has 2 heterocycles. The highest BCUT2D eigenvalue weighted by Crippen LogP contribution is 2.39. The van der Waals surface area contributed by atoms with E-state index in [1.165, 1.54) is 0 Å². The van der Waals surface area contributed by atoms with Gasteiger partial charge in [-0.15, -0.1) is 0 Å². The number of halogens is 2. The van der Waals surface area contributed by atoms with Gasteiger partial charge in [0.25, 0.3) is 0 Å². The van der Waals surface area contributed by atoms with Crippen molar-refractivity contribution in [2.24, 2.45) is 5.41 Å². The molecule has 3 rings (SSSR count). The van der Waals surface area contributed by atoms with E-state index in [0.717, 1.165) is 50.9 Å². The van der Waals surface area contributed by atoms with Crippen molar-refractivity contribution in [2.75, 3.05) is 31.1 Å². The Hall–Kier alpha value is -1.67. The third kappa shape index (κ3) is 2.73. The molecular weight excluding hydrogens is 272 g/mol. The number of benzene rings is 1. The van der Waals surface area contributed by atoms with Crippen LogP contribution in [0.2, 0.25) is 0 Å². The fourth-order valence-electron chi connectivity index (χ4n) is 3.71. The van der Waals surface area contributed by atoms with Crippen LogP contribution in [-0.2, 0) is 0 Å². The van der Waals surface area contributed by atoms with Crippen LogP contribution < -0.4 is 10.2 Å². The molecule has 2 fully saturated rings. The SMILES string of the molecule is N#Cc1cc(F)c(N2CCCC3(CCCNC3)C2)c(F)c1. The van der Waals surface area contributed by atoms with Crippen LogP contribution in [-0.4, -0.2) is 26.2 Å². The standard InChI is InChI=1S/C16H19F2N3/c17-13-7-12(9-19)8-14(18)15(13)21-6-2-4-16(11-21)3-1-5-20-10-16/h7-8,20H,1-6,10-11H2. The van der Waals surface area contributed by atoms with E-state index >= 15 is 0 Å². The average molecular weight is 291 g/mol. The Bertz CT molecular complexity index is 545. The van der Waals surface area contributed by atoms with E-state index in [2.05, 4.69) is 5.32 Å². The van der Waals surface area contributed by atoms with E-state index in [-0.39, 0.29) is 16.7 Å². The van der Waals surface area contributed by atoms with E-state index in [4.69, 9.17) is 5.26 Å². The molecule has 1 spiro atoms. The number of anilines is 1. The summed E-state index contributed by atoms with van der Waals surface area (Å²) in [6.45, 7) is 3.30. The van der Waals surface area contributed by atoms with Crippen molar-refractivity contribution in [2.45, 2.75) is 25.7 Å². The molecule has 2 saturated heterocycles. The lowest BCUT2D eigenvalue weighted by molar-refractivity contribution is 0.172. The molecule has 1 N–H and O–H groups in total. The van der Waals surface area contributed by atoms with E-state index in [1.807, 2.05) is 4.90 Å². The van der Waals surface area contributed by atoms with Crippen LogP contribution in [0.4, 0.5) is 14.5 Å². The van der Waals surface area contributed by atoms with Gasteiger partial charge in [-0.3, -0.25) is 0 Å². The van der Waals surface area contributed by atoms with Gasteiger partial charge in [0.2, 0.25) is 0 Å². The van der Waals surface area contributed by atoms with Crippen LogP contribution >= 0.6 is 0 Å². The Morgan fingerprint density at radius 1 is 1.19 bits per heavy atom. The Morgan fingerprint density at radius 3 is 2.52 bits per heavy atom. The predicted molar refractivity (Wildman–Crippen MR) is 77.1 cm³/mol. The van der Waals surface area contributed by atoms with Gasteiger partial charge in [-0.25, -0.2) is 8.78 Å². The maximum Gasteiger partial charge on any atom is 0.150 e. The molecule has 112 valence electrons. The van der Waals surface area contributed by atoms with Crippen LogP contribution in [0.1, 0.15) is 31.2 Å². The molecule has 0 aromatic heterocycles. The molecule has 3 nitrogen and oxygen atoms in total. The second kappa shape index (κ2) is 5.61. The van der Waals surface area contributed by atoms with Crippen molar-refractivity contribution in [1.82, 2.24) is 5.32 Å². The number of nitrogens with one attached hydrogen (secondary N) is 1. The summed E-state index contributed by atoms with van der Waals surface area (Å²) < 4.78 is 28.4. The number of piperidine rings is 2. The van der Waals surface area contributed by atoms with Gasteiger partial charge in [-0.05, 0) is 44.4 Å². The third-order valence-corrected chi connectivity index (χ3v) is 4.68. The lowest BCUT2D eigenvalue weighted by atomic mass is 9.74. The Kier molecular flexibility index (Phi) is 3.81. The molecule has 0 radical (unpaired) electrons. The molecule has 1 atom stereocenters. The maximum atomic E-state index is 14.2. The van der Waals surface area contributed by atoms with E-state index in [0.29, 0.717) is 13.1 Å². The predicted octanol–water partition coefficient (Wildman–Crippen LogP) is 2.81. The summed E-state index contributed by atoms with van der Waals surface area (Å²) >= 11 is 0. The zero-order valence-corrected chi connectivity index (χ0v) is 12.0. The third-order valence-electron chi connectivity index (χ3n) is 4.68. The first kappa shape index (κ1) is 14.3. The Labute approximate surface area is 123 Å². The highest BCUT2D eigenvalue weighted by molar-refractivity contribution is 5.53. The molecule has 5 heteroatoms. The van der Waals surface area contributed by atoms with Crippen LogP contribution in [0.15, 0.2) is 12.1 Å². The van der Waals surface area contributed by atoms with Gasteiger partial charge in [-0.1, -0.05) is 0 Å². The van der Waals surface area contributed by atoms with Gasteiger partial charge < -0.3 is 10.2 Å². The summed E-state index contributed by atoms with van der Waals surface area (Å²) in [5, 5.41) is 12.2. The van der Waals surface area contributed by atoms with Crippen LogP contribution in [0.5, 0.6) is 0 Å². The zero-order chi connectivity index (χ0) is 14.9. The van der Waals surface area contributed by atoms with Gasteiger partial charge >= 0.3 is 0 Å². The molecule has 2 aliphatic heterocycles. The fraction of sp³-hybridized carbons (Fsp3) is 0.562. The number of nitriles is 1.